The van der Waals surface area contributed by atoms with Crippen LogP contribution >= 0.6 is 11.6 Å². The van der Waals surface area contributed by atoms with E-state index in [9.17, 15) is 4.39 Å². The molecule has 3 rings (SSSR count). The first-order chi connectivity index (χ1) is 8.74. The van der Waals surface area contributed by atoms with Crippen molar-refractivity contribution >= 4 is 17.3 Å². The summed E-state index contributed by atoms with van der Waals surface area (Å²) in [6, 6.07) is 5.62. The minimum Gasteiger partial charge on any atom is -0.378 e. The van der Waals surface area contributed by atoms with E-state index in [2.05, 4.69) is 10.2 Å². The Bertz CT molecular complexity index is 438. The lowest BCUT2D eigenvalue weighted by molar-refractivity contribution is 0.192. The van der Waals surface area contributed by atoms with Crippen LogP contribution in [0.2, 0.25) is 5.02 Å². The van der Waals surface area contributed by atoms with Crippen LogP contribution in [-0.4, -0.2) is 30.1 Å². The van der Waals surface area contributed by atoms with Gasteiger partial charge in [0, 0.05) is 23.7 Å². The molecule has 0 saturated carbocycles. The van der Waals surface area contributed by atoms with Gasteiger partial charge in [0.1, 0.15) is 5.82 Å². The van der Waals surface area contributed by atoms with Crippen molar-refractivity contribution in [2.45, 2.75) is 37.8 Å². The minimum atomic E-state index is -0.214. The molecule has 1 aromatic carbocycles. The molecule has 2 heterocycles. The molecular formula is C14H18ClFN2. The molecule has 2 saturated heterocycles. The fraction of sp³-hybridized carbons (Fsp3) is 0.571. The van der Waals surface area contributed by atoms with Crippen LogP contribution in [0.5, 0.6) is 0 Å². The maximum absolute atomic E-state index is 13.7. The van der Waals surface area contributed by atoms with Crippen LogP contribution in [0.25, 0.3) is 0 Å². The summed E-state index contributed by atoms with van der Waals surface area (Å²) in [7, 11) is 0. The molecule has 0 amide bonds. The number of hydrogen-bond donors (Lipinski definition) is 1. The average Bonchev–Trinajstić information content (AvgIpc) is 2.78. The summed E-state index contributed by atoms with van der Waals surface area (Å²) in [5, 5.41) is 3.93. The summed E-state index contributed by atoms with van der Waals surface area (Å²) in [6.07, 6.45) is 4.91. The number of anilines is 1. The summed E-state index contributed by atoms with van der Waals surface area (Å²) in [6.45, 7) is 2.32. The molecule has 18 heavy (non-hydrogen) atoms. The molecule has 0 bridgehead atoms. The Labute approximate surface area is 112 Å². The molecule has 1 N–H and O–H groups in total. The summed E-state index contributed by atoms with van der Waals surface area (Å²) in [5.74, 6) is -0.214. The number of halogens is 2. The van der Waals surface area contributed by atoms with Crippen LogP contribution in [0.4, 0.5) is 10.1 Å². The predicted molar refractivity (Wildman–Crippen MR) is 72.6 cm³/mol. The van der Waals surface area contributed by atoms with Crippen molar-refractivity contribution in [3.05, 3.63) is 29.0 Å². The Balaban J connectivity index is 1.74. The molecule has 2 unspecified atom stereocenters. The third kappa shape index (κ3) is 2.34. The molecule has 1 aromatic rings. The van der Waals surface area contributed by atoms with Crippen LogP contribution in [0, 0.1) is 5.82 Å². The molecule has 0 aliphatic carbocycles. The van der Waals surface area contributed by atoms with Gasteiger partial charge in [0.15, 0.2) is 0 Å². The van der Waals surface area contributed by atoms with Crippen LogP contribution in [0.3, 0.4) is 0 Å². The van der Waals surface area contributed by atoms with Gasteiger partial charge >= 0.3 is 0 Å². The normalized spacial score (nSPS) is 28.1. The standard InChI is InChI=1S/C14H18ClFN2/c15-10-4-5-11(16)13(9-10)17-12-6-8-18-7-2-1-3-14(12)18/h4-5,9,12,14,17H,1-3,6-8H2. The van der Waals surface area contributed by atoms with Crippen LogP contribution in [0.1, 0.15) is 25.7 Å². The second-order valence-electron chi connectivity index (χ2n) is 5.26. The van der Waals surface area contributed by atoms with Crippen molar-refractivity contribution < 1.29 is 4.39 Å². The lowest BCUT2D eigenvalue weighted by Gasteiger charge is -2.33. The number of nitrogens with one attached hydrogen (secondary N) is 1. The lowest BCUT2D eigenvalue weighted by Crippen LogP contribution is -2.41. The van der Waals surface area contributed by atoms with E-state index in [-0.39, 0.29) is 5.82 Å². The zero-order chi connectivity index (χ0) is 12.5. The molecule has 0 radical (unpaired) electrons. The van der Waals surface area contributed by atoms with E-state index in [1.54, 1.807) is 12.1 Å². The van der Waals surface area contributed by atoms with Gasteiger partial charge in [-0.1, -0.05) is 18.0 Å². The van der Waals surface area contributed by atoms with E-state index in [0.29, 0.717) is 22.8 Å². The summed E-state index contributed by atoms with van der Waals surface area (Å²) >= 11 is 5.92. The highest BCUT2D eigenvalue weighted by Crippen LogP contribution is 2.30. The SMILES string of the molecule is Fc1ccc(Cl)cc1NC1CCN2CCCCC12. The van der Waals surface area contributed by atoms with E-state index in [4.69, 9.17) is 11.6 Å². The van der Waals surface area contributed by atoms with Gasteiger partial charge in [-0.05, 0) is 44.0 Å². The quantitative estimate of drug-likeness (QED) is 0.883. The molecule has 2 aliphatic heterocycles. The van der Waals surface area contributed by atoms with Gasteiger partial charge in [0.05, 0.1) is 5.69 Å². The van der Waals surface area contributed by atoms with Crippen LogP contribution in [-0.2, 0) is 0 Å². The number of benzene rings is 1. The molecule has 2 aliphatic rings. The first-order valence-electron chi connectivity index (χ1n) is 6.70. The maximum atomic E-state index is 13.7. The van der Waals surface area contributed by atoms with Crippen molar-refractivity contribution in [2.75, 3.05) is 18.4 Å². The zero-order valence-electron chi connectivity index (χ0n) is 10.3. The Morgan fingerprint density at radius 1 is 1.22 bits per heavy atom. The van der Waals surface area contributed by atoms with Crippen molar-refractivity contribution in [3.8, 4) is 0 Å². The Morgan fingerprint density at radius 3 is 3.00 bits per heavy atom. The van der Waals surface area contributed by atoms with E-state index >= 15 is 0 Å². The Kier molecular flexibility index (Phi) is 3.44. The predicted octanol–water partition coefficient (Wildman–Crippen LogP) is 3.52. The third-order valence-electron chi connectivity index (χ3n) is 4.13. The maximum Gasteiger partial charge on any atom is 0.146 e. The van der Waals surface area contributed by atoms with Crippen LogP contribution < -0.4 is 5.32 Å². The number of piperidine rings is 1. The van der Waals surface area contributed by atoms with Crippen molar-refractivity contribution in [1.82, 2.24) is 4.90 Å². The number of fused-ring (bicyclic) bond motifs is 1. The summed E-state index contributed by atoms with van der Waals surface area (Å²) in [4.78, 5) is 2.53. The van der Waals surface area contributed by atoms with Crippen LogP contribution in [0.15, 0.2) is 18.2 Å². The first-order valence-corrected chi connectivity index (χ1v) is 7.07. The Hall–Kier alpha value is -0.800. The molecule has 2 fully saturated rings. The highest BCUT2D eigenvalue weighted by Gasteiger charge is 2.35. The summed E-state index contributed by atoms with van der Waals surface area (Å²) < 4.78 is 13.7. The molecule has 2 nitrogen and oxygen atoms in total. The minimum absolute atomic E-state index is 0.214. The van der Waals surface area contributed by atoms with Gasteiger partial charge in [0.25, 0.3) is 0 Å². The van der Waals surface area contributed by atoms with E-state index < -0.39 is 0 Å². The van der Waals surface area contributed by atoms with Crippen molar-refractivity contribution in [2.24, 2.45) is 0 Å². The average molecular weight is 269 g/mol. The van der Waals surface area contributed by atoms with Crippen molar-refractivity contribution in [3.63, 3.8) is 0 Å². The Morgan fingerprint density at radius 2 is 2.11 bits per heavy atom. The second-order valence-corrected chi connectivity index (χ2v) is 5.70. The van der Waals surface area contributed by atoms with Crippen molar-refractivity contribution in [1.29, 1.82) is 0 Å². The number of nitrogens with zero attached hydrogens (tertiary/aromatic N) is 1. The molecule has 0 spiro atoms. The first kappa shape index (κ1) is 12.2. The molecular weight excluding hydrogens is 251 g/mol. The topological polar surface area (TPSA) is 15.3 Å². The van der Waals surface area contributed by atoms with Gasteiger partial charge in [-0.3, -0.25) is 4.90 Å². The third-order valence-corrected chi connectivity index (χ3v) is 4.36. The highest BCUT2D eigenvalue weighted by molar-refractivity contribution is 6.30. The van der Waals surface area contributed by atoms with E-state index in [1.807, 2.05) is 0 Å². The molecule has 2 atom stereocenters. The monoisotopic (exact) mass is 268 g/mol. The highest BCUT2D eigenvalue weighted by atomic mass is 35.5. The zero-order valence-corrected chi connectivity index (χ0v) is 11.1. The molecule has 0 aromatic heterocycles. The van der Waals surface area contributed by atoms with Gasteiger partial charge in [0.2, 0.25) is 0 Å². The van der Waals surface area contributed by atoms with E-state index in [1.165, 1.54) is 31.9 Å². The van der Waals surface area contributed by atoms with E-state index in [0.717, 1.165) is 13.0 Å². The lowest BCUT2D eigenvalue weighted by atomic mass is 9.99. The second kappa shape index (κ2) is 5.06. The van der Waals surface area contributed by atoms with Gasteiger partial charge in [-0.2, -0.15) is 0 Å². The largest absolute Gasteiger partial charge is 0.378 e. The van der Waals surface area contributed by atoms with Gasteiger partial charge < -0.3 is 5.32 Å². The fourth-order valence-corrected chi connectivity index (χ4v) is 3.40. The smallest absolute Gasteiger partial charge is 0.146 e. The molecule has 98 valence electrons. The number of hydrogen-bond acceptors (Lipinski definition) is 2. The van der Waals surface area contributed by atoms with Gasteiger partial charge in [-0.15, -0.1) is 0 Å². The van der Waals surface area contributed by atoms with Gasteiger partial charge in [-0.25, -0.2) is 4.39 Å². The molecule has 4 heteroatoms. The number of rotatable bonds is 2. The fourth-order valence-electron chi connectivity index (χ4n) is 3.22. The summed E-state index contributed by atoms with van der Waals surface area (Å²) in [5.41, 5.74) is 0.542.